The van der Waals surface area contributed by atoms with Crippen molar-refractivity contribution in [2.45, 2.75) is 71.1 Å². The molecule has 2 aromatic carbocycles. The molecule has 1 aliphatic heterocycles. The average Bonchev–Trinajstić information content (AvgIpc) is 3.44. The van der Waals surface area contributed by atoms with Gasteiger partial charge in [0.05, 0.1) is 17.7 Å². The minimum atomic E-state index is -1.09. The number of rotatable bonds is 5. The fraction of sp³-hybridized carbons (Fsp3) is 0.393. The first-order valence-corrected chi connectivity index (χ1v) is 12.4. The van der Waals surface area contributed by atoms with Crippen LogP contribution in [-0.2, 0) is 22.7 Å². The lowest BCUT2D eigenvalue weighted by atomic mass is 9.93. The topological polar surface area (TPSA) is 83.4 Å². The van der Waals surface area contributed by atoms with Crippen LogP contribution >= 0.6 is 0 Å². The van der Waals surface area contributed by atoms with E-state index in [2.05, 4.69) is 10.6 Å². The summed E-state index contributed by atoms with van der Waals surface area (Å²) in [5.74, 6) is -0.635. The molecule has 0 radical (unpaired) electrons. The van der Waals surface area contributed by atoms with Gasteiger partial charge in [-0.3, -0.25) is 14.4 Å². The lowest BCUT2D eigenvalue weighted by Gasteiger charge is -2.44. The van der Waals surface area contributed by atoms with Crippen LogP contribution in [0.4, 0.5) is 5.69 Å². The second kappa shape index (κ2) is 8.87. The number of hydrogen-bond acceptors (Lipinski definition) is 3. The molecule has 1 aliphatic carbocycles. The van der Waals surface area contributed by atoms with Crippen molar-refractivity contribution in [1.29, 1.82) is 0 Å². The number of carbonyl (C=O) groups is 3. The quantitative estimate of drug-likeness (QED) is 0.578. The molecule has 0 spiro atoms. The summed E-state index contributed by atoms with van der Waals surface area (Å²) < 4.78 is 1.91. The van der Waals surface area contributed by atoms with Crippen LogP contribution in [0, 0.1) is 6.92 Å². The second-order valence-corrected chi connectivity index (χ2v) is 10.1. The minimum absolute atomic E-state index is 0.130. The molecule has 5 rings (SSSR count). The Morgan fingerprint density at radius 1 is 1.06 bits per heavy atom. The number of nitrogens with one attached hydrogen (secondary N) is 2. The maximum absolute atomic E-state index is 14.2. The molecule has 0 bridgehead atoms. The normalized spacial score (nSPS) is 20.2. The van der Waals surface area contributed by atoms with E-state index in [4.69, 9.17) is 0 Å². The van der Waals surface area contributed by atoms with E-state index in [0.29, 0.717) is 24.5 Å². The number of anilines is 1. The number of nitrogens with zero attached hydrogens (tertiary/aromatic N) is 2. The third-order valence-corrected chi connectivity index (χ3v) is 7.42. The molecule has 1 saturated carbocycles. The fourth-order valence-corrected chi connectivity index (χ4v) is 5.47. The van der Waals surface area contributed by atoms with Gasteiger partial charge in [-0.25, -0.2) is 0 Å². The van der Waals surface area contributed by atoms with Gasteiger partial charge in [-0.2, -0.15) is 0 Å². The van der Waals surface area contributed by atoms with Crippen LogP contribution in [0.1, 0.15) is 61.1 Å². The number of benzene rings is 2. The van der Waals surface area contributed by atoms with E-state index in [1.165, 1.54) is 6.92 Å². The van der Waals surface area contributed by atoms with Crippen molar-refractivity contribution < 1.29 is 14.4 Å². The number of hydrogen-bond donors (Lipinski definition) is 2. The summed E-state index contributed by atoms with van der Waals surface area (Å²) in [4.78, 5) is 41.8. The van der Waals surface area contributed by atoms with Crippen molar-refractivity contribution in [3.63, 3.8) is 0 Å². The lowest BCUT2D eigenvalue weighted by molar-refractivity contribution is -0.133. The van der Waals surface area contributed by atoms with Crippen molar-refractivity contribution in [1.82, 2.24) is 14.8 Å². The molecular formula is C28H32N4O3. The van der Waals surface area contributed by atoms with Crippen LogP contribution in [0.5, 0.6) is 0 Å². The predicted octanol–water partition coefficient (Wildman–Crippen LogP) is 4.38. The zero-order valence-corrected chi connectivity index (χ0v) is 20.6. The fourth-order valence-electron chi connectivity index (χ4n) is 5.47. The predicted molar refractivity (Wildman–Crippen MR) is 136 cm³/mol. The molecule has 2 aliphatic rings. The summed E-state index contributed by atoms with van der Waals surface area (Å²) >= 11 is 0. The van der Waals surface area contributed by atoms with Gasteiger partial charge in [0.1, 0.15) is 11.2 Å². The zero-order chi connectivity index (χ0) is 24.7. The molecule has 1 unspecified atom stereocenters. The van der Waals surface area contributed by atoms with Gasteiger partial charge in [-0.05, 0) is 38.3 Å². The Labute approximate surface area is 205 Å². The van der Waals surface area contributed by atoms with Crippen LogP contribution < -0.4 is 10.6 Å². The Morgan fingerprint density at radius 3 is 2.43 bits per heavy atom. The highest BCUT2D eigenvalue weighted by molar-refractivity contribution is 6.14. The Balaban J connectivity index is 1.63. The van der Waals surface area contributed by atoms with Crippen LogP contribution in [0.2, 0.25) is 0 Å². The molecule has 7 heteroatoms. The SMILES string of the molecule is CC(=O)Nc1c2n(c3ccccc13)CC(C)(C(=O)NC1CCCC1)N(Cc1ccc(C)cc1)C2=O. The van der Waals surface area contributed by atoms with Gasteiger partial charge in [-0.15, -0.1) is 0 Å². The van der Waals surface area contributed by atoms with E-state index in [-0.39, 0.29) is 23.8 Å². The molecule has 3 amide bonds. The number of fused-ring (bicyclic) bond motifs is 3. The summed E-state index contributed by atoms with van der Waals surface area (Å²) in [6.45, 7) is 5.93. The monoisotopic (exact) mass is 472 g/mol. The molecule has 0 saturated heterocycles. The molecule has 1 aromatic heterocycles. The summed E-state index contributed by atoms with van der Waals surface area (Å²) in [6, 6.07) is 15.8. The van der Waals surface area contributed by atoms with E-state index in [0.717, 1.165) is 47.7 Å². The first-order chi connectivity index (χ1) is 16.8. The molecule has 7 nitrogen and oxygen atoms in total. The third-order valence-electron chi connectivity index (χ3n) is 7.42. The standard InChI is InChI=1S/C28H32N4O3/c1-18-12-14-20(15-13-18)16-32-26(34)25-24(29-19(2)33)22-10-6-7-11-23(22)31(25)17-28(32,3)27(35)30-21-8-4-5-9-21/h6-7,10-15,21H,4-5,8-9,16-17H2,1-3H3,(H,29,33)(H,30,35). The highest BCUT2D eigenvalue weighted by Crippen LogP contribution is 2.39. The Kier molecular flexibility index (Phi) is 5.87. The minimum Gasteiger partial charge on any atom is -0.351 e. The molecule has 2 N–H and O–H groups in total. The third kappa shape index (κ3) is 4.09. The van der Waals surface area contributed by atoms with Crippen LogP contribution in [-0.4, -0.2) is 38.8 Å². The molecule has 1 fully saturated rings. The van der Waals surface area contributed by atoms with Crippen LogP contribution in [0.15, 0.2) is 48.5 Å². The van der Waals surface area contributed by atoms with Gasteiger partial charge in [0.15, 0.2) is 0 Å². The zero-order valence-electron chi connectivity index (χ0n) is 20.6. The number of carbonyl (C=O) groups excluding carboxylic acids is 3. The van der Waals surface area contributed by atoms with Gasteiger partial charge in [0.2, 0.25) is 11.8 Å². The van der Waals surface area contributed by atoms with E-state index in [1.807, 2.05) is 66.9 Å². The van der Waals surface area contributed by atoms with Gasteiger partial charge in [0, 0.05) is 24.9 Å². The maximum atomic E-state index is 14.2. The molecule has 2 heterocycles. The van der Waals surface area contributed by atoms with Crippen molar-refractivity contribution in [2.75, 3.05) is 5.32 Å². The van der Waals surface area contributed by atoms with Gasteiger partial charge in [-0.1, -0.05) is 60.9 Å². The molecule has 1 atom stereocenters. The summed E-state index contributed by atoms with van der Waals surface area (Å²) in [5.41, 5.74) is 2.75. The molecule has 3 aromatic rings. The molecular weight excluding hydrogens is 440 g/mol. The van der Waals surface area contributed by atoms with Crippen molar-refractivity contribution in [3.05, 3.63) is 65.4 Å². The van der Waals surface area contributed by atoms with Gasteiger partial charge in [0.25, 0.3) is 5.91 Å². The highest BCUT2D eigenvalue weighted by atomic mass is 16.2. The van der Waals surface area contributed by atoms with Crippen LogP contribution in [0.3, 0.4) is 0 Å². The largest absolute Gasteiger partial charge is 0.351 e. The Bertz CT molecular complexity index is 1300. The van der Waals surface area contributed by atoms with E-state index in [1.54, 1.807) is 4.90 Å². The highest BCUT2D eigenvalue weighted by Gasteiger charge is 2.49. The van der Waals surface area contributed by atoms with Crippen molar-refractivity contribution >= 4 is 34.3 Å². The van der Waals surface area contributed by atoms with Crippen LogP contribution in [0.25, 0.3) is 10.9 Å². The Hall–Kier alpha value is -3.61. The first kappa shape index (κ1) is 23.1. The number of amides is 3. The summed E-state index contributed by atoms with van der Waals surface area (Å²) in [5, 5.41) is 6.92. The first-order valence-electron chi connectivity index (χ1n) is 12.4. The second-order valence-electron chi connectivity index (χ2n) is 10.1. The van der Waals surface area contributed by atoms with E-state index >= 15 is 0 Å². The molecule has 182 valence electrons. The van der Waals surface area contributed by atoms with E-state index in [9.17, 15) is 14.4 Å². The van der Waals surface area contributed by atoms with E-state index < -0.39 is 5.54 Å². The number of aryl methyl sites for hydroxylation is 1. The van der Waals surface area contributed by atoms with Crippen molar-refractivity contribution in [2.24, 2.45) is 0 Å². The van der Waals surface area contributed by atoms with Gasteiger partial charge >= 0.3 is 0 Å². The number of para-hydroxylation sites is 1. The summed E-state index contributed by atoms with van der Waals surface area (Å²) in [6.07, 6.45) is 4.16. The lowest BCUT2D eigenvalue weighted by Crippen LogP contribution is -2.64. The Morgan fingerprint density at radius 2 is 1.74 bits per heavy atom. The smallest absolute Gasteiger partial charge is 0.273 e. The van der Waals surface area contributed by atoms with Gasteiger partial charge < -0.3 is 20.1 Å². The molecule has 35 heavy (non-hydrogen) atoms. The van der Waals surface area contributed by atoms with Crippen molar-refractivity contribution in [3.8, 4) is 0 Å². The average molecular weight is 473 g/mol. The summed E-state index contributed by atoms with van der Waals surface area (Å²) in [7, 11) is 0. The number of aromatic nitrogens is 1. The maximum Gasteiger partial charge on any atom is 0.273 e.